The SMILES string of the molecule is COc1cc2c(cc1OC)C(Cc1ccc(OC)c(OCc3ccccc3)c1)=NCC2. The number of rotatable bonds is 8. The topological polar surface area (TPSA) is 49.3 Å². The number of hydrogen-bond acceptors (Lipinski definition) is 5. The molecular formula is C26H27NO4. The molecular weight excluding hydrogens is 390 g/mol. The Morgan fingerprint density at radius 1 is 0.742 bits per heavy atom. The molecule has 0 spiro atoms. The standard InChI is InChI=1S/C26H27NO4/c1-28-23-10-9-19(14-26(23)31-17-18-7-5-4-6-8-18)13-22-21-16-25(30-3)24(29-2)15-20(21)11-12-27-22/h4-10,14-16H,11-13,17H2,1-3H3. The quantitative estimate of drug-likeness (QED) is 0.524. The maximum atomic E-state index is 6.08. The Morgan fingerprint density at radius 3 is 2.23 bits per heavy atom. The molecule has 0 bridgehead atoms. The van der Waals surface area contributed by atoms with E-state index in [0.29, 0.717) is 13.0 Å². The lowest BCUT2D eigenvalue weighted by atomic mass is 9.93. The molecule has 160 valence electrons. The van der Waals surface area contributed by atoms with Crippen molar-refractivity contribution in [1.29, 1.82) is 0 Å². The van der Waals surface area contributed by atoms with Crippen LogP contribution in [0.4, 0.5) is 0 Å². The van der Waals surface area contributed by atoms with Crippen LogP contribution in [0.2, 0.25) is 0 Å². The predicted octanol–water partition coefficient (Wildman–Crippen LogP) is 4.88. The minimum atomic E-state index is 0.488. The summed E-state index contributed by atoms with van der Waals surface area (Å²) in [6, 6.07) is 20.3. The molecule has 0 radical (unpaired) electrons. The molecule has 31 heavy (non-hydrogen) atoms. The lowest BCUT2D eigenvalue weighted by Crippen LogP contribution is -2.16. The van der Waals surface area contributed by atoms with Crippen molar-refractivity contribution >= 4 is 5.71 Å². The molecule has 0 saturated carbocycles. The van der Waals surface area contributed by atoms with Crippen LogP contribution in [-0.4, -0.2) is 33.6 Å². The Kier molecular flexibility index (Phi) is 6.41. The number of ether oxygens (including phenoxy) is 4. The molecule has 0 atom stereocenters. The summed E-state index contributed by atoms with van der Waals surface area (Å²) in [6.45, 7) is 1.26. The smallest absolute Gasteiger partial charge is 0.161 e. The van der Waals surface area contributed by atoms with E-state index < -0.39 is 0 Å². The number of nitrogens with zero attached hydrogens (tertiary/aromatic N) is 1. The van der Waals surface area contributed by atoms with Crippen molar-refractivity contribution in [3.05, 3.63) is 82.9 Å². The van der Waals surface area contributed by atoms with Gasteiger partial charge in [-0.2, -0.15) is 0 Å². The molecule has 1 aliphatic rings. The van der Waals surface area contributed by atoms with Gasteiger partial charge in [-0.05, 0) is 47.4 Å². The molecule has 0 amide bonds. The van der Waals surface area contributed by atoms with Crippen LogP contribution in [0.5, 0.6) is 23.0 Å². The molecule has 3 aromatic carbocycles. The van der Waals surface area contributed by atoms with Crippen LogP contribution in [-0.2, 0) is 19.4 Å². The Labute approximate surface area is 183 Å². The lowest BCUT2D eigenvalue weighted by molar-refractivity contribution is 0.284. The fourth-order valence-corrected chi connectivity index (χ4v) is 3.82. The minimum Gasteiger partial charge on any atom is -0.493 e. The molecule has 1 aliphatic heterocycles. The number of benzene rings is 3. The highest BCUT2D eigenvalue weighted by Gasteiger charge is 2.19. The molecule has 0 aliphatic carbocycles. The maximum Gasteiger partial charge on any atom is 0.161 e. The van der Waals surface area contributed by atoms with Gasteiger partial charge in [0.05, 0.1) is 21.3 Å². The molecule has 5 nitrogen and oxygen atoms in total. The second-order valence-corrected chi connectivity index (χ2v) is 7.38. The molecule has 3 aromatic rings. The normalized spacial score (nSPS) is 12.5. The van der Waals surface area contributed by atoms with Crippen molar-refractivity contribution in [2.45, 2.75) is 19.4 Å². The van der Waals surface area contributed by atoms with Crippen molar-refractivity contribution in [2.75, 3.05) is 27.9 Å². The Bertz CT molecular complexity index is 1080. The fourth-order valence-electron chi connectivity index (χ4n) is 3.82. The summed E-state index contributed by atoms with van der Waals surface area (Å²) < 4.78 is 22.6. The predicted molar refractivity (Wildman–Crippen MR) is 122 cm³/mol. The van der Waals surface area contributed by atoms with Crippen LogP contribution in [0.3, 0.4) is 0 Å². The van der Waals surface area contributed by atoms with Gasteiger partial charge in [0.1, 0.15) is 6.61 Å². The number of fused-ring (bicyclic) bond motifs is 1. The molecule has 4 rings (SSSR count). The van der Waals surface area contributed by atoms with E-state index >= 15 is 0 Å². The molecule has 0 N–H and O–H groups in total. The van der Waals surface area contributed by atoms with Crippen molar-refractivity contribution in [1.82, 2.24) is 0 Å². The fraction of sp³-hybridized carbons (Fsp3) is 0.269. The van der Waals surface area contributed by atoms with E-state index in [2.05, 4.69) is 12.1 Å². The van der Waals surface area contributed by atoms with Crippen molar-refractivity contribution < 1.29 is 18.9 Å². The average molecular weight is 418 g/mol. The highest BCUT2D eigenvalue weighted by atomic mass is 16.5. The number of methoxy groups -OCH3 is 3. The summed E-state index contributed by atoms with van der Waals surface area (Å²) in [6.07, 6.45) is 1.60. The first-order valence-electron chi connectivity index (χ1n) is 10.3. The first-order valence-corrected chi connectivity index (χ1v) is 10.3. The summed E-state index contributed by atoms with van der Waals surface area (Å²) in [5.74, 6) is 2.92. The van der Waals surface area contributed by atoms with Gasteiger partial charge in [0.25, 0.3) is 0 Å². The van der Waals surface area contributed by atoms with Gasteiger partial charge in [-0.1, -0.05) is 36.4 Å². The molecule has 0 aromatic heterocycles. The van der Waals surface area contributed by atoms with Gasteiger partial charge in [0, 0.05) is 24.2 Å². The van der Waals surface area contributed by atoms with Gasteiger partial charge < -0.3 is 18.9 Å². The molecule has 0 fully saturated rings. The highest BCUT2D eigenvalue weighted by Crippen LogP contribution is 2.34. The summed E-state index contributed by atoms with van der Waals surface area (Å²) in [7, 11) is 4.98. The Balaban J connectivity index is 1.58. The molecule has 5 heteroatoms. The van der Waals surface area contributed by atoms with Gasteiger partial charge in [0.2, 0.25) is 0 Å². The molecule has 0 saturated heterocycles. The Hall–Kier alpha value is -3.47. The van der Waals surface area contributed by atoms with E-state index in [1.807, 2.05) is 48.5 Å². The van der Waals surface area contributed by atoms with Gasteiger partial charge >= 0.3 is 0 Å². The van der Waals surface area contributed by atoms with E-state index in [-0.39, 0.29) is 0 Å². The first kappa shape index (κ1) is 20.8. The monoisotopic (exact) mass is 417 g/mol. The third-order valence-corrected chi connectivity index (χ3v) is 5.44. The van der Waals surface area contributed by atoms with Gasteiger partial charge in [-0.3, -0.25) is 4.99 Å². The van der Waals surface area contributed by atoms with Crippen molar-refractivity contribution in [3.8, 4) is 23.0 Å². The highest BCUT2D eigenvalue weighted by molar-refractivity contribution is 6.04. The van der Waals surface area contributed by atoms with Crippen molar-refractivity contribution in [3.63, 3.8) is 0 Å². The molecule has 0 unspecified atom stereocenters. The van der Waals surface area contributed by atoms with Crippen LogP contribution in [0, 0.1) is 0 Å². The summed E-state index contributed by atoms with van der Waals surface area (Å²) >= 11 is 0. The van der Waals surface area contributed by atoms with Crippen LogP contribution in [0.15, 0.2) is 65.7 Å². The number of hydrogen-bond donors (Lipinski definition) is 0. The van der Waals surface area contributed by atoms with Gasteiger partial charge in [0.15, 0.2) is 23.0 Å². The van der Waals surface area contributed by atoms with Crippen LogP contribution < -0.4 is 18.9 Å². The lowest BCUT2D eigenvalue weighted by Gasteiger charge is -2.20. The molecule has 1 heterocycles. The summed E-state index contributed by atoms with van der Waals surface area (Å²) in [5.41, 5.74) is 5.62. The Morgan fingerprint density at radius 2 is 1.48 bits per heavy atom. The van der Waals surface area contributed by atoms with Crippen LogP contribution in [0.1, 0.15) is 22.3 Å². The zero-order valence-corrected chi connectivity index (χ0v) is 18.2. The van der Waals surface area contributed by atoms with Crippen molar-refractivity contribution in [2.24, 2.45) is 4.99 Å². The van der Waals surface area contributed by atoms with E-state index in [1.165, 1.54) is 5.56 Å². The maximum absolute atomic E-state index is 6.08. The van der Waals surface area contributed by atoms with E-state index in [0.717, 1.165) is 58.4 Å². The second kappa shape index (κ2) is 9.56. The minimum absolute atomic E-state index is 0.488. The van der Waals surface area contributed by atoms with E-state index in [4.69, 9.17) is 23.9 Å². The van der Waals surface area contributed by atoms with E-state index in [9.17, 15) is 0 Å². The van der Waals surface area contributed by atoms with Gasteiger partial charge in [-0.15, -0.1) is 0 Å². The second-order valence-electron chi connectivity index (χ2n) is 7.38. The third kappa shape index (κ3) is 4.66. The zero-order valence-electron chi connectivity index (χ0n) is 18.2. The van der Waals surface area contributed by atoms with E-state index in [1.54, 1.807) is 21.3 Å². The van der Waals surface area contributed by atoms with Crippen LogP contribution >= 0.6 is 0 Å². The van der Waals surface area contributed by atoms with Crippen LogP contribution in [0.25, 0.3) is 0 Å². The number of aliphatic imine (C=N–C) groups is 1. The first-order chi connectivity index (χ1) is 15.2. The third-order valence-electron chi connectivity index (χ3n) is 5.44. The van der Waals surface area contributed by atoms with Gasteiger partial charge in [-0.25, -0.2) is 0 Å². The zero-order chi connectivity index (χ0) is 21.6. The average Bonchev–Trinajstić information content (AvgIpc) is 2.82. The largest absolute Gasteiger partial charge is 0.493 e. The summed E-state index contributed by atoms with van der Waals surface area (Å²) in [5, 5.41) is 0. The summed E-state index contributed by atoms with van der Waals surface area (Å²) in [4.78, 5) is 4.81.